The van der Waals surface area contributed by atoms with E-state index in [1.54, 1.807) is 42.6 Å². The normalized spacial score (nSPS) is 11.6. The standard InChI is InChI=1S/C18H14N4O5S/c19-28(24,25)16-5-2-14(3-6-16)22-10-13(20-21-22)11-26-15-4-7-17-12(9-15)1-8-18(23)27-17/h1-10H,11H2,(H2,19,24,25). The molecule has 2 heterocycles. The zero-order valence-electron chi connectivity index (χ0n) is 14.3. The molecule has 0 atom stereocenters. The number of nitrogens with two attached hydrogens (primary N) is 1. The largest absolute Gasteiger partial charge is 0.487 e. The average Bonchev–Trinajstić information content (AvgIpc) is 3.15. The lowest BCUT2D eigenvalue weighted by Crippen LogP contribution is -2.12. The highest BCUT2D eigenvalue weighted by molar-refractivity contribution is 7.89. The van der Waals surface area contributed by atoms with E-state index in [-0.39, 0.29) is 11.5 Å². The molecular formula is C18H14N4O5S. The van der Waals surface area contributed by atoms with Crippen LogP contribution in [-0.4, -0.2) is 23.4 Å². The third kappa shape index (κ3) is 3.77. The molecule has 0 spiro atoms. The molecule has 2 aromatic carbocycles. The van der Waals surface area contributed by atoms with Crippen LogP contribution in [0.4, 0.5) is 0 Å². The minimum atomic E-state index is -3.74. The summed E-state index contributed by atoms with van der Waals surface area (Å²) in [5.41, 5.74) is 1.28. The molecule has 2 N–H and O–H groups in total. The fourth-order valence-corrected chi connectivity index (χ4v) is 3.09. The monoisotopic (exact) mass is 398 g/mol. The summed E-state index contributed by atoms with van der Waals surface area (Å²) in [5, 5.41) is 13.9. The van der Waals surface area contributed by atoms with Gasteiger partial charge < -0.3 is 9.15 Å². The smallest absolute Gasteiger partial charge is 0.336 e. The molecule has 0 bridgehead atoms. The number of hydrogen-bond donors (Lipinski definition) is 1. The molecule has 0 unspecified atom stereocenters. The Bertz CT molecular complexity index is 1310. The molecule has 0 aliphatic carbocycles. The summed E-state index contributed by atoms with van der Waals surface area (Å²) >= 11 is 0. The first-order valence-corrected chi connectivity index (χ1v) is 9.64. The van der Waals surface area contributed by atoms with E-state index in [1.165, 1.54) is 22.9 Å². The van der Waals surface area contributed by atoms with Gasteiger partial charge in [-0.15, -0.1) is 5.10 Å². The molecule has 4 aromatic rings. The van der Waals surface area contributed by atoms with Crippen LogP contribution in [0.15, 0.2) is 74.9 Å². The number of primary sulfonamides is 1. The second-order valence-electron chi connectivity index (χ2n) is 5.94. The Morgan fingerprint density at radius 1 is 1.07 bits per heavy atom. The van der Waals surface area contributed by atoms with Crippen LogP contribution in [0.1, 0.15) is 5.69 Å². The first-order valence-electron chi connectivity index (χ1n) is 8.10. The molecule has 0 saturated carbocycles. The molecule has 142 valence electrons. The SMILES string of the molecule is NS(=O)(=O)c1ccc(-n2cc(COc3ccc4oc(=O)ccc4c3)nn2)cc1. The van der Waals surface area contributed by atoms with Crippen LogP contribution >= 0.6 is 0 Å². The van der Waals surface area contributed by atoms with Crippen molar-refractivity contribution in [3.8, 4) is 11.4 Å². The van der Waals surface area contributed by atoms with E-state index < -0.39 is 15.6 Å². The molecule has 2 aromatic heterocycles. The maximum atomic E-state index is 11.3. The summed E-state index contributed by atoms with van der Waals surface area (Å²) < 4.78 is 34.9. The Kier molecular flexibility index (Phi) is 4.41. The minimum Gasteiger partial charge on any atom is -0.487 e. The van der Waals surface area contributed by atoms with E-state index in [0.717, 1.165) is 5.39 Å². The molecule has 0 amide bonds. The number of aromatic nitrogens is 3. The molecular weight excluding hydrogens is 384 g/mol. The van der Waals surface area contributed by atoms with Crippen LogP contribution in [0.3, 0.4) is 0 Å². The number of benzene rings is 2. The molecule has 0 fully saturated rings. The Hall–Kier alpha value is -3.50. The fraction of sp³-hybridized carbons (Fsp3) is 0.0556. The Labute approximate surface area is 159 Å². The van der Waals surface area contributed by atoms with Gasteiger partial charge in [0.25, 0.3) is 0 Å². The van der Waals surface area contributed by atoms with Crippen molar-refractivity contribution in [2.24, 2.45) is 5.14 Å². The number of sulfonamides is 1. The van der Waals surface area contributed by atoms with Crippen molar-refractivity contribution < 1.29 is 17.6 Å². The van der Waals surface area contributed by atoms with Gasteiger partial charge in [-0.2, -0.15) is 0 Å². The van der Waals surface area contributed by atoms with Crippen LogP contribution in [0.2, 0.25) is 0 Å². The predicted octanol–water partition coefficient (Wildman–Crippen LogP) is 1.60. The Balaban J connectivity index is 1.48. The van der Waals surface area contributed by atoms with Gasteiger partial charge in [-0.05, 0) is 48.5 Å². The number of rotatable bonds is 5. The fourth-order valence-electron chi connectivity index (χ4n) is 2.58. The molecule has 0 saturated heterocycles. The average molecular weight is 398 g/mol. The van der Waals surface area contributed by atoms with Crippen molar-refractivity contribution in [1.82, 2.24) is 15.0 Å². The highest BCUT2D eigenvalue weighted by atomic mass is 32.2. The zero-order valence-corrected chi connectivity index (χ0v) is 15.2. The highest BCUT2D eigenvalue weighted by Gasteiger charge is 2.09. The summed E-state index contributed by atoms with van der Waals surface area (Å²) in [6.07, 6.45) is 1.67. The third-order valence-corrected chi connectivity index (χ3v) is 4.88. The van der Waals surface area contributed by atoms with Crippen molar-refractivity contribution in [2.75, 3.05) is 0 Å². The van der Waals surface area contributed by atoms with Gasteiger partial charge in [0.15, 0.2) is 0 Å². The maximum Gasteiger partial charge on any atom is 0.336 e. The first kappa shape index (κ1) is 17.9. The molecule has 4 rings (SSSR count). The second kappa shape index (κ2) is 6.91. The van der Waals surface area contributed by atoms with Crippen LogP contribution in [0, 0.1) is 0 Å². The minimum absolute atomic E-state index is 0.0204. The molecule has 28 heavy (non-hydrogen) atoms. The molecule has 0 radical (unpaired) electrons. The van der Waals surface area contributed by atoms with Crippen LogP contribution in [0.5, 0.6) is 5.75 Å². The molecule has 0 aliphatic rings. The van der Waals surface area contributed by atoms with Crippen molar-refractivity contribution in [3.05, 3.63) is 76.9 Å². The number of ether oxygens (including phenoxy) is 1. The highest BCUT2D eigenvalue weighted by Crippen LogP contribution is 2.20. The number of hydrogen-bond acceptors (Lipinski definition) is 7. The van der Waals surface area contributed by atoms with E-state index >= 15 is 0 Å². The van der Waals surface area contributed by atoms with E-state index in [9.17, 15) is 13.2 Å². The number of fused-ring (bicyclic) bond motifs is 1. The summed E-state index contributed by atoms with van der Waals surface area (Å²) in [6.45, 7) is 0.178. The van der Waals surface area contributed by atoms with Crippen molar-refractivity contribution >= 4 is 21.0 Å². The molecule has 10 heteroatoms. The summed E-state index contributed by atoms with van der Waals surface area (Å²) in [6, 6.07) is 14.1. The third-order valence-electron chi connectivity index (χ3n) is 3.95. The summed E-state index contributed by atoms with van der Waals surface area (Å²) in [4.78, 5) is 11.2. The van der Waals surface area contributed by atoms with Crippen LogP contribution in [0.25, 0.3) is 16.7 Å². The molecule has 0 aliphatic heterocycles. The van der Waals surface area contributed by atoms with Gasteiger partial charge in [-0.25, -0.2) is 23.0 Å². The zero-order chi connectivity index (χ0) is 19.7. The lowest BCUT2D eigenvalue weighted by molar-refractivity contribution is 0.301. The van der Waals surface area contributed by atoms with Crippen LogP contribution in [-0.2, 0) is 16.6 Å². The first-order chi connectivity index (χ1) is 13.4. The lowest BCUT2D eigenvalue weighted by Gasteiger charge is -2.05. The lowest BCUT2D eigenvalue weighted by atomic mass is 10.2. The summed E-state index contributed by atoms with van der Waals surface area (Å²) in [7, 11) is -3.74. The maximum absolute atomic E-state index is 11.3. The summed E-state index contributed by atoms with van der Waals surface area (Å²) in [5.74, 6) is 0.591. The van der Waals surface area contributed by atoms with Gasteiger partial charge in [0.2, 0.25) is 10.0 Å². The number of nitrogens with zero attached hydrogens (tertiary/aromatic N) is 3. The van der Waals surface area contributed by atoms with Crippen LogP contribution < -0.4 is 15.5 Å². The van der Waals surface area contributed by atoms with Gasteiger partial charge >= 0.3 is 5.63 Å². The van der Waals surface area contributed by atoms with Crippen molar-refractivity contribution in [2.45, 2.75) is 11.5 Å². The van der Waals surface area contributed by atoms with Crippen molar-refractivity contribution in [1.29, 1.82) is 0 Å². The Morgan fingerprint density at radius 2 is 1.86 bits per heavy atom. The van der Waals surface area contributed by atoms with Gasteiger partial charge in [-0.1, -0.05) is 5.21 Å². The van der Waals surface area contributed by atoms with E-state index in [2.05, 4.69) is 10.3 Å². The van der Waals surface area contributed by atoms with Gasteiger partial charge in [0.1, 0.15) is 23.6 Å². The Morgan fingerprint density at radius 3 is 2.61 bits per heavy atom. The topological polar surface area (TPSA) is 130 Å². The van der Waals surface area contributed by atoms with Gasteiger partial charge in [0.05, 0.1) is 16.8 Å². The van der Waals surface area contributed by atoms with E-state index in [4.69, 9.17) is 14.3 Å². The molecule has 9 nitrogen and oxygen atoms in total. The van der Waals surface area contributed by atoms with E-state index in [0.29, 0.717) is 22.7 Å². The van der Waals surface area contributed by atoms with Crippen molar-refractivity contribution in [3.63, 3.8) is 0 Å². The quantitative estimate of drug-likeness (QED) is 0.505. The predicted molar refractivity (Wildman–Crippen MR) is 99.5 cm³/mol. The van der Waals surface area contributed by atoms with Gasteiger partial charge in [0, 0.05) is 11.5 Å². The van der Waals surface area contributed by atoms with Gasteiger partial charge in [-0.3, -0.25) is 0 Å². The van der Waals surface area contributed by atoms with E-state index in [1.807, 2.05) is 0 Å². The second-order valence-corrected chi connectivity index (χ2v) is 7.50.